The second-order valence-electron chi connectivity index (χ2n) is 3.55. The number of aliphatic hydroxyl groups is 1. The molecule has 68 valence electrons. The Bertz CT molecular complexity index is 206. The molecule has 3 nitrogen and oxygen atoms in total. The van der Waals surface area contributed by atoms with Gasteiger partial charge in [-0.2, -0.15) is 0 Å². The fourth-order valence-corrected chi connectivity index (χ4v) is 2.68. The number of rotatable bonds is 0. The molecule has 0 aromatic heterocycles. The number of fused-ring (bicyclic) bond motifs is 1. The number of alkyl halides is 1. The molecule has 0 aromatic rings. The number of carbonyl (C=O) groups is 1. The van der Waals surface area contributed by atoms with Crippen LogP contribution in [0.4, 0.5) is 0 Å². The van der Waals surface area contributed by atoms with Crippen LogP contribution in [0.3, 0.4) is 0 Å². The van der Waals surface area contributed by atoms with Gasteiger partial charge in [0.25, 0.3) is 0 Å². The predicted octanol–water partition coefficient (Wildman–Crippen LogP) is 0.694. The van der Waals surface area contributed by atoms with Crippen molar-refractivity contribution in [2.24, 2.45) is 11.8 Å². The zero-order chi connectivity index (χ0) is 8.72. The summed E-state index contributed by atoms with van der Waals surface area (Å²) in [6.07, 6.45) is 1.01. The van der Waals surface area contributed by atoms with Crippen LogP contribution in [-0.2, 0) is 9.53 Å². The van der Waals surface area contributed by atoms with Gasteiger partial charge in [0, 0.05) is 10.7 Å². The first-order valence-corrected chi connectivity index (χ1v) is 5.09. The van der Waals surface area contributed by atoms with Gasteiger partial charge in [-0.15, -0.1) is 0 Å². The normalized spacial score (nSPS) is 47.0. The van der Waals surface area contributed by atoms with E-state index in [4.69, 9.17) is 4.74 Å². The minimum Gasteiger partial charge on any atom is -0.465 e. The molecule has 1 saturated carbocycles. The number of cyclic esters (lactones) is 1. The van der Waals surface area contributed by atoms with Gasteiger partial charge in [-0.05, 0) is 12.8 Å². The average Bonchev–Trinajstić information content (AvgIpc) is 2.35. The van der Waals surface area contributed by atoms with E-state index in [1.165, 1.54) is 0 Å². The van der Waals surface area contributed by atoms with Crippen molar-refractivity contribution in [1.29, 1.82) is 0 Å². The lowest BCUT2D eigenvalue weighted by molar-refractivity contribution is -0.142. The molecule has 0 radical (unpaired) electrons. The Morgan fingerprint density at radius 3 is 3.00 bits per heavy atom. The monoisotopic (exact) mass is 234 g/mol. The lowest BCUT2D eigenvalue weighted by Gasteiger charge is -2.29. The summed E-state index contributed by atoms with van der Waals surface area (Å²) in [5, 5.41) is 9.49. The van der Waals surface area contributed by atoms with Crippen LogP contribution in [0.2, 0.25) is 0 Å². The summed E-state index contributed by atoms with van der Waals surface area (Å²) >= 11 is 3.39. The van der Waals surface area contributed by atoms with E-state index in [2.05, 4.69) is 15.9 Å². The molecule has 4 heteroatoms. The maximum Gasteiger partial charge on any atom is 0.309 e. The number of ether oxygens (including phenoxy) is 1. The smallest absolute Gasteiger partial charge is 0.309 e. The average molecular weight is 235 g/mol. The first-order valence-electron chi connectivity index (χ1n) is 4.17. The largest absolute Gasteiger partial charge is 0.465 e. The maximum atomic E-state index is 11.1. The Kier molecular flexibility index (Phi) is 2.12. The van der Waals surface area contributed by atoms with Crippen LogP contribution in [0.25, 0.3) is 0 Å². The van der Waals surface area contributed by atoms with Gasteiger partial charge in [0.2, 0.25) is 0 Å². The summed E-state index contributed by atoms with van der Waals surface area (Å²) in [6.45, 7) is 0.540. The summed E-state index contributed by atoms with van der Waals surface area (Å²) in [4.78, 5) is 11.2. The molecule has 0 spiro atoms. The minimum absolute atomic E-state index is 0.0474. The van der Waals surface area contributed by atoms with Gasteiger partial charge >= 0.3 is 5.97 Å². The van der Waals surface area contributed by atoms with Crippen LogP contribution in [0, 0.1) is 11.8 Å². The highest BCUT2D eigenvalue weighted by atomic mass is 79.9. The van der Waals surface area contributed by atoms with E-state index < -0.39 is 6.10 Å². The second-order valence-corrected chi connectivity index (χ2v) is 4.73. The highest BCUT2D eigenvalue weighted by molar-refractivity contribution is 9.09. The lowest BCUT2D eigenvalue weighted by atomic mass is 9.80. The molecule has 2 fully saturated rings. The summed E-state index contributed by atoms with van der Waals surface area (Å²) in [5.41, 5.74) is 0. The van der Waals surface area contributed by atoms with Gasteiger partial charge < -0.3 is 9.84 Å². The van der Waals surface area contributed by atoms with E-state index in [-0.39, 0.29) is 16.7 Å². The van der Waals surface area contributed by atoms with Crippen molar-refractivity contribution in [3.8, 4) is 0 Å². The number of hydrogen-bond acceptors (Lipinski definition) is 3. The highest BCUT2D eigenvalue weighted by Crippen LogP contribution is 2.38. The fraction of sp³-hybridized carbons (Fsp3) is 0.875. The quantitative estimate of drug-likeness (QED) is 0.496. The van der Waals surface area contributed by atoms with Gasteiger partial charge in [0.15, 0.2) is 0 Å². The Morgan fingerprint density at radius 1 is 1.50 bits per heavy atom. The van der Waals surface area contributed by atoms with E-state index in [1.54, 1.807) is 0 Å². The Balaban J connectivity index is 2.09. The Morgan fingerprint density at radius 2 is 2.25 bits per heavy atom. The number of hydrogen-bond donors (Lipinski definition) is 1. The molecule has 0 amide bonds. The number of carbonyl (C=O) groups excluding carboxylic acids is 1. The van der Waals surface area contributed by atoms with Crippen molar-refractivity contribution in [2.45, 2.75) is 23.8 Å². The van der Waals surface area contributed by atoms with Gasteiger partial charge in [-0.25, -0.2) is 0 Å². The Labute approximate surface area is 79.2 Å². The third-order valence-corrected chi connectivity index (χ3v) is 3.74. The summed E-state index contributed by atoms with van der Waals surface area (Å²) < 4.78 is 4.93. The molecule has 1 aliphatic heterocycles. The standard InChI is InChI=1S/C8H11BrO3/c9-6-1-4-3-12-8(11)5(4)2-7(6)10/h4-7,10H,1-3H2. The van der Waals surface area contributed by atoms with Crippen molar-refractivity contribution in [3.05, 3.63) is 0 Å². The van der Waals surface area contributed by atoms with Crippen molar-refractivity contribution < 1.29 is 14.6 Å². The van der Waals surface area contributed by atoms with Crippen molar-refractivity contribution >= 4 is 21.9 Å². The number of esters is 1. The van der Waals surface area contributed by atoms with Crippen LogP contribution in [0.5, 0.6) is 0 Å². The highest BCUT2D eigenvalue weighted by Gasteiger charge is 2.44. The van der Waals surface area contributed by atoms with Crippen molar-refractivity contribution in [3.63, 3.8) is 0 Å². The first kappa shape index (κ1) is 8.51. The molecule has 2 rings (SSSR count). The van der Waals surface area contributed by atoms with Crippen molar-refractivity contribution in [1.82, 2.24) is 0 Å². The van der Waals surface area contributed by atoms with Crippen LogP contribution < -0.4 is 0 Å². The molecule has 4 unspecified atom stereocenters. The molecule has 4 atom stereocenters. The van der Waals surface area contributed by atoms with Gasteiger partial charge in [0.1, 0.15) is 0 Å². The lowest BCUT2D eigenvalue weighted by Crippen LogP contribution is -2.36. The minimum atomic E-state index is -0.392. The fourth-order valence-electron chi connectivity index (χ4n) is 1.98. The molecular weight excluding hydrogens is 224 g/mol. The maximum absolute atomic E-state index is 11.1. The number of halogens is 1. The van der Waals surface area contributed by atoms with Crippen LogP contribution >= 0.6 is 15.9 Å². The van der Waals surface area contributed by atoms with E-state index in [1.807, 2.05) is 0 Å². The Hall–Kier alpha value is -0.0900. The molecule has 1 N–H and O–H groups in total. The van der Waals surface area contributed by atoms with Gasteiger partial charge in [-0.1, -0.05) is 15.9 Å². The molecule has 1 heterocycles. The van der Waals surface area contributed by atoms with E-state index >= 15 is 0 Å². The van der Waals surface area contributed by atoms with Gasteiger partial charge in [-0.3, -0.25) is 4.79 Å². The topological polar surface area (TPSA) is 46.5 Å². The molecule has 0 aromatic carbocycles. The van der Waals surface area contributed by atoms with E-state index in [0.717, 1.165) is 6.42 Å². The number of aliphatic hydroxyl groups excluding tert-OH is 1. The first-order chi connectivity index (χ1) is 5.68. The van der Waals surface area contributed by atoms with Crippen LogP contribution in [0.1, 0.15) is 12.8 Å². The molecule has 1 aliphatic carbocycles. The second kappa shape index (κ2) is 3.00. The van der Waals surface area contributed by atoms with Gasteiger partial charge in [0.05, 0.1) is 18.6 Å². The van der Waals surface area contributed by atoms with E-state index in [9.17, 15) is 9.90 Å². The van der Waals surface area contributed by atoms with Crippen LogP contribution in [0.15, 0.2) is 0 Å². The molecule has 0 bridgehead atoms. The third kappa shape index (κ3) is 1.27. The van der Waals surface area contributed by atoms with E-state index in [0.29, 0.717) is 18.9 Å². The van der Waals surface area contributed by atoms with Crippen molar-refractivity contribution in [2.75, 3.05) is 6.61 Å². The summed E-state index contributed by atoms with van der Waals surface area (Å²) in [6, 6.07) is 0. The zero-order valence-corrected chi connectivity index (χ0v) is 8.16. The van der Waals surface area contributed by atoms with Crippen LogP contribution in [-0.4, -0.2) is 28.6 Å². The summed E-state index contributed by atoms with van der Waals surface area (Å²) in [5.74, 6) is 0.150. The molecular formula is C8H11BrO3. The zero-order valence-electron chi connectivity index (χ0n) is 6.57. The predicted molar refractivity (Wildman–Crippen MR) is 45.9 cm³/mol. The summed E-state index contributed by atoms with van der Waals surface area (Å²) in [7, 11) is 0. The molecule has 2 aliphatic rings. The SMILES string of the molecule is O=C1OCC2CC(Br)C(O)CC12. The third-order valence-electron chi connectivity index (χ3n) is 2.75. The molecule has 1 saturated heterocycles. The molecule has 12 heavy (non-hydrogen) atoms.